The van der Waals surface area contributed by atoms with Gasteiger partial charge in [0.25, 0.3) is 0 Å². The Morgan fingerprint density at radius 3 is 2.75 bits per heavy atom. The number of nitrogens with one attached hydrogen (secondary N) is 1. The summed E-state index contributed by atoms with van der Waals surface area (Å²) in [7, 11) is 1.46. The predicted molar refractivity (Wildman–Crippen MR) is 64.3 cm³/mol. The maximum Gasteiger partial charge on any atom is 0.305 e. The minimum absolute atomic E-state index is 0.0850. The lowest BCUT2D eigenvalue weighted by Gasteiger charge is -2.37. The molecule has 0 radical (unpaired) electrons. The van der Waals surface area contributed by atoms with Crippen LogP contribution in [0.4, 0.5) is 0 Å². The van der Waals surface area contributed by atoms with E-state index in [0.717, 1.165) is 32.6 Å². The Hall–Kier alpha value is -0.610. The Kier molecular flexibility index (Phi) is 5.77. The van der Waals surface area contributed by atoms with Crippen molar-refractivity contribution in [2.45, 2.75) is 32.7 Å². The van der Waals surface area contributed by atoms with E-state index < -0.39 is 0 Å². The molecule has 0 amide bonds. The minimum Gasteiger partial charge on any atom is -0.469 e. The second-order valence-corrected chi connectivity index (χ2v) is 4.49. The number of ether oxygens (including phenoxy) is 1. The van der Waals surface area contributed by atoms with E-state index in [4.69, 9.17) is 4.74 Å². The van der Waals surface area contributed by atoms with Crippen LogP contribution in [0.5, 0.6) is 0 Å². The summed E-state index contributed by atoms with van der Waals surface area (Å²) in [6.45, 7) is 8.46. The second kappa shape index (κ2) is 6.86. The molecular formula is C12H24N2O2. The highest BCUT2D eigenvalue weighted by Crippen LogP contribution is 2.20. The smallest absolute Gasteiger partial charge is 0.305 e. The first-order valence-corrected chi connectivity index (χ1v) is 6.22. The average molecular weight is 228 g/mol. The van der Waals surface area contributed by atoms with Gasteiger partial charge in [0.1, 0.15) is 0 Å². The van der Waals surface area contributed by atoms with Crippen molar-refractivity contribution in [3.63, 3.8) is 0 Å². The first-order valence-electron chi connectivity index (χ1n) is 6.22. The summed E-state index contributed by atoms with van der Waals surface area (Å²) in [5.41, 5.74) is 0. The van der Waals surface area contributed by atoms with Crippen molar-refractivity contribution in [2.75, 3.05) is 33.3 Å². The minimum atomic E-state index is -0.0850. The number of methoxy groups -OCH3 is 1. The van der Waals surface area contributed by atoms with Crippen LogP contribution < -0.4 is 5.32 Å². The molecule has 0 bridgehead atoms. The summed E-state index contributed by atoms with van der Waals surface area (Å²) < 4.78 is 4.74. The molecule has 1 fully saturated rings. The number of hydrogen-bond acceptors (Lipinski definition) is 4. The number of nitrogens with zero attached hydrogens (tertiary/aromatic N) is 1. The van der Waals surface area contributed by atoms with E-state index in [9.17, 15) is 4.79 Å². The third kappa shape index (κ3) is 4.10. The number of likely N-dealkylation sites (tertiary alicyclic amines) is 1. The van der Waals surface area contributed by atoms with Gasteiger partial charge in [-0.1, -0.05) is 13.8 Å². The lowest BCUT2D eigenvalue weighted by Crippen LogP contribution is -2.49. The fourth-order valence-electron chi connectivity index (χ4n) is 2.46. The Morgan fingerprint density at radius 1 is 1.44 bits per heavy atom. The SMILES string of the molecule is CCNC1CC(CC(=O)OC)CN(CC)C1. The summed E-state index contributed by atoms with van der Waals surface area (Å²) in [5, 5.41) is 3.48. The van der Waals surface area contributed by atoms with Crippen LogP contribution in [0.25, 0.3) is 0 Å². The van der Waals surface area contributed by atoms with Crippen molar-refractivity contribution >= 4 is 5.97 Å². The lowest BCUT2D eigenvalue weighted by molar-refractivity contribution is -0.142. The van der Waals surface area contributed by atoms with Crippen LogP contribution in [0.1, 0.15) is 26.7 Å². The van der Waals surface area contributed by atoms with Gasteiger partial charge in [-0.15, -0.1) is 0 Å². The first-order chi connectivity index (χ1) is 7.69. The van der Waals surface area contributed by atoms with Gasteiger partial charge in [0.15, 0.2) is 0 Å². The van der Waals surface area contributed by atoms with Gasteiger partial charge in [-0.05, 0) is 25.4 Å². The van der Waals surface area contributed by atoms with Crippen molar-refractivity contribution in [3.05, 3.63) is 0 Å². The molecule has 1 saturated heterocycles. The molecule has 1 N–H and O–H groups in total. The lowest BCUT2D eigenvalue weighted by atomic mass is 9.91. The maximum absolute atomic E-state index is 11.3. The first kappa shape index (κ1) is 13.5. The second-order valence-electron chi connectivity index (χ2n) is 4.49. The third-order valence-electron chi connectivity index (χ3n) is 3.24. The fourth-order valence-corrected chi connectivity index (χ4v) is 2.46. The van der Waals surface area contributed by atoms with E-state index in [1.807, 2.05) is 0 Å². The molecule has 4 nitrogen and oxygen atoms in total. The van der Waals surface area contributed by atoms with E-state index in [1.54, 1.807) is 0 Å². The standard InChI is InChI=1S/C12H24N2O2/c1-4-13-11-6-10(7-12(15)16-3)8-14(5-2)9-11/h10-11,13H,4-9H2,1-3H3. The van der Waals surface area contributed by atoms with Crippen LogP contribution in [0.3, 0.4) is 0 Å². The molecule has 1 aliphatic heterocycles. The molecule has 4 heteroatoms. The number of piperidine rings is 1. The molecule has 0 aromatic heterocycles. The van der Waals surface area contributed by atoms with Crippen molar-refractivity contribution < 1.29 is 9.53 Å². The van der Waals surface area contributed by atoms with Gasteiger partial charge in [-0.25, -0.2) is 0 Å². The van der Waals surface area contributed by atoms with Crippen molar-refractivity contribution in [3.8, 4) is 0 Å². The highest BCUT2D eigenvalue weighted by molar-refractivity contribution is 5.69. The zero-order valence-electron chi connectivity index (χ0n) is 10.7. The van der Waals surface area contributed by atoms with Crippen molar-refractivity contribution in [2.24, 2.45) is 5.92 Å². The van der Waals surface area contributed by atoms with E-state index >= 15 is 0 Å². The number of hydrogen-bond donors (Lipinski definition) is 1. The average Bonchev–Trinajstić information content (AvgIpc) is 2.29. The molecule has 0 spiro atoms. The van der Waals surface area contributed by atoms with Crippen molar-refractivity contribution in [1.29, 1.82) is 0 Å². The fraction of sp³-hybridized carbons (Fsp3) is 0.917. The van der Waals surface area contributed by atoms with Gasteiger partial charge in [0.2, 0.25) is 0 Å². The Bertz CT molecular complexity index is 221. The van der Waals surface area contributed by atoms with Crippen molar-refractivity contribution in [1.82, 2.24) is 10.2 Å². The summed E-state index contributed by atoms with van der Waals surface area (Å²) in [6.07, 6.45) is 1.63. The normalized spacial score (nSPS) is 26.7. The molecule has 0 saturated carbocycles. The molecule has 1 heterocycles. The van der Waals surface area contributed by atoms with Crippen LogP contribution in [0, 0.1) is 5.92 Å². The van der Waals surface area contributed by atoms with Crippen LogP contribution in [0.2, 0.25) is 0 Å². The van der Waals surface area contributed by atoms with Crippen LogP contribution in [-0.2, 0) is 9.53 Å². The zero-order chi connectivity index (χ0) is 12.0. The quantitative estimate of drug-likeness (QED) is 0.709. The largest absolute Gasteiger partial charge is 0.469 e. The van der Waals surface area contributed by atoms with Gasteiger partial charge in [0.05, 0.1) is 7.11 Å². The van der Waals surface area contributed by atoms with Gasteiger partial charge in [-0.3, -0.25) is 4.79 Å². The number of likely N-dealkylation sites (N-methyl/N-ethyl adjacent to an activating group) is 2. The van der Waals surface area contributed by atoms with E-state index in [2.05, 4.69) is 24.1 Å². The summed E-state index contributed by atoms with van der Waals surface area (Å²) in [5.74, 6) is 0.350. The molecule has 2 atom stereocenters. The summed E-state index contributed by atoms with van der Waals surface area (Å²) in [4.78, 5) is 13.7. The number of carbonyl (C=O) groups excluding carboxylic acids is 1. The van der Waals surface area contributed by atoms with E-state index in [1.165, 1.54) is 7.11 Å². The molecule has 2 unspecified atom stereocenters. The van der Waals surface area contributed by atoms with Crippen LogP contribution in [0.15, 0.2) is 0 Å². The van der Waals surface area contributed by atoms with Gasteiger partial charge < -0.3 is 15.0 Å². The third-order valence-corrected chi connectivity index (χ3v) is 3.24. The number of rotatable bonds is 5. The number of esters is 1. The molecule has 1 aliphatic rings. The van der Waals surface area contributed by atoms with Crippen LogP contribution in [-0.4, -0.2) is 50.2 Å². The predicted octanol–water partition coefficient (Wildman–Crippen LogP) is 0.869. The Balaban J connectivity index is 2.46. The highest BCUT2D eigenvalue weighted by atomic mass is 16.5. The summed E-state index contributed by atoms with van der Waals surface area (Å²) >= 11 is 0. The van der Waals surface area contributed by atoms with Gasteiger partial charge in [0, 0.05) is 25.6 Å². The maximum atomic E-state index is 11.3. The Labute approximate surface area is 98.3 Å². The highest BCUT2D eigenvalue weighted by Gasteiger charge is 2.27. The van der Waals surface area contributed by atoms with Gasteiger partial charge >= 0.3 is 5.97 Å². The summed E-state index contributed by atoms with van der Waals surface area (Å²) in [6, 6.07) is 0.522. The molecule has 0 aliphatic carbocycles. The molecule has 0 aromatic carbocycles. The van der Waals surface area contributed by atoms with E-state index in [0.29, 0.717) is 18.4 Å². The Morgan fingerprint density at radius 2 is 2.19 bits per heavy atom. The zero-order valence-corrected chi connectivity index (χ0v) is 10.7. The number of carbonyl (C=O) groups is 1. The molecular weight excluding hydrogens is 204 g/mol. The molecule has 16 heavy (non-hydrogen) atoms. The van der Waals surface area contributed by atoms with Gasteiger partial charge in [-0.2, -0.15) is 0 Å². The molecule has 0 aromatic rings. The van der Waals surface area contributed by atoms with Crippen LogP contribution >= 0.6 is 0 Å². The molecule has 1 rings (SSSR count). The monoisotopic (exact) mass is 228 g/mol. The molecule has 94 valence electrons. The topological polar surface area (TPSA) is 41.6 Å². The van der Waals surface area contributed by atoms with E-state index in [-0.39, 0.29) is 5.97 Å².